The lowest BCUT2D eigenvalue weighted by Gasteiger charge is -2.15. The number of aryl methyl sites for hydroxylation is 2. The molecule has 0 aromatic heterocycles. The van der Waals surface area contributed by atoms with Crippen LogP contribution < -0.4 is 15.9 Å². The first-order chi connectivity index (χ1) is 7.04. The molecular weight excluding hydrogens is 189 g/mol. The first-order valence-corrected chi connectivity index (χ1v) is 4.92. The molecule has 3 N–H and O–H groups in total. The summed E-state index contributed by atoms with van der Waals surface area (Å²) >= 11 is 0. The van der Waals surface area contributed by atoms with E-state index < -0.39 is 6.10 Å². The van der Waals surface area contributed by atoms with Crippen LogP contribution in [0.1, 0.15) is 11.1 Å². The van der Waals surface area contributed by atoms with E-state index >= 15 is 0 Å². The summed E-state index contributed by atoms with van der Waals surface area (Å²) in [6.07, 6.45) is -0.624. The third kappa shape index (κ3) is 3.25. The van der Waals surface area contributed by atoms with E-state index in [-0.39, 0.29) is 13.2 Å². The van der Waals surface area contributed by atoms with Crippen molar-refractivity contribution in [2.24, 2.45) is 5.73 Å². The number of hydrogen-bond donors (Lipinski definition) is 2. The van der Waals surface area contributed by atoms with Gasteiger partial charge >= 0.3 is 0 Å². The molecule has 0 amide bonds. The number of aliphatic hydroxyl groups excluding tert-OH is 1. The molecule has 80 valence electrons. The predicted octanol–water partition coefficient (Wildman–Crippen LogP) is -0.204. The lowest BCUT2D eigenvalue weighted by molar-refractivity contribution is 0.113. The largest absolute Gasteiger partial charge is 0.490 e. The fourth-order valence-electron chi connectivity index (χ4n) is 1.46. The van der Waals surface area contributed by atoms with E-state index in [2.05, 4.69) is 0 Å². The molecule has 1 unspecified atom stereocenters. The Balaban J connectivity index is 2.77. The van der Waals surface area contributed by atoms with Crippen LogP contribution in [0.15, 0.2) is 12.1 Å². The summed E-state index contributed by atoms with van der Waals surface area (Å²) in [6, 6.07) is 3.69. The quantitative estimate of drug-likeness (QED) is 0.669. The number of aliphatic hydroxyl groups is 1. The molecule has 1 atom stereocenters. The van der Waals surface area contributed by atoms with Gasteiger partial charge in [-0.15, -0.1) is 0 Å². The van der Waals surface area contributed by atoms with Crippen molar-refractivity contribution in [2.75, 3.05) is 13.2 Å². The molecule has 4 heteroatoms. The van der Waals surface area contributed by atoms with Gasteiger partial charge in [-0.3, -0.25) is 0 Å². The maximum Gasteiger partial charge on any atom is 0.125 e. The molecule has 1 aromatic carbocycles. The molecular formula is C11H16BNO2. The van der Waals surface area contributed by atoms with E-state index in [4.69, 9.17) is 18.3 Å². The lowest BCUT2D eigenvalue weighted by Crippen LogP contribution is -2.27. The summed E-state index contributed by atoms with van der Waals surface area (Å²) in [5.41, 5.74) is 7.94. The zero-order chi connectivity index (χ0) is 11.4. The van der Waals surface area contributed by atoms with E-state index in [0.717, 1.165) is 22.3 Å². The smallest absolute Gasteiger partial charge is 0.125 e. The highest BCUT2D eigenvalue weighted by Crippen LogP contribution is 2.21. The van der Waals surface area contributed by atoms with Gasteiger partial charge in [0.25, 0.3) is 0 Å². The average Bonchev–Trinajstić information content (AvgIpc) is 2.15. The third-order valence-electron chi connectivity index (χ3n) is 2.17. The second-order valence-electron chi connectivity index (χ2n) is 3.68. The number of benzene rings is 1. The summed E-state index contributed by atoms with van der Waals surface area (Å²) in [5, 5.41) is 9.28. The topological polar surface area (TPSA) is 55.5 Å². The molecule has 1 rings (SSSR count). The second-order valence-corrected chi connectivity index (χ2v) is 3.68. The van der Waals surface area contributed by atoms with Crippen molar-refractivity contribution in [2.45, 2.75) is 20.0 Å². The van der Waals surface area contributed by atoms with Crippen molar-refractivity contribution < 1.29 is 9.84 Å². The first-order valence-electron chi connectivity index (χ1n) is 4.92. The lowest BCUT2D eigenvalue weighted by atomic mass is 9.92. The summed E-state index contributed by atoms with van der Waals surface area (Å²) in [5.74, 6) is 0.775. The van der Waals surface area contributed by atoms with Crippen LogP contribution in [0.3, 0.4) is 0 Å². The molecule has 15 heavy (non-hydrogen) atoms. The van der Waals surface area contributed by atoms with Gasteiger partial charge in [0.2, 0.25) is 0 Å². The van der Waals surface area contributed by atoms with Gasteiger partial charge in [-0.05, 0) is 25.0 Å². The molecule has 3 nitrogen and oxygen atoms in total. The van der Waals surface area contributed by atoms with Gasteiger partial charge in [0.15, 0.2) is 0 Å². The molecule has 0 saturated carbocycles. The maximum atomic E-state index is 9.28. The van der Waals surface area contributed by atoms with Crippen LogP contribution >= 0.6 is 0 Å². The molecule has 0 fully saturated rings. The average molecular weight is 205 g/mol. The van der Waals surface area contributed by atoms with Crippen LogP contribution in [0.4, 0.5) is 0 Å². The Morgan fingerprint density at radius 1 is 1.40 bits per heavy atom. The van der Waals surface area contributed by atoms with Crippen molar-refractivity contribution in [3.63, 3.8) is 0 Å². The van der Waals surface area contributed by atoms with Crippen molar-refractivity contribution in [3.8, 4) is 5.75 Å². The first kappa shape index (κ1) is 12.1. The minimum Gasteiger partial charge on any atom is -0.490 e. The van der Waals surface area contributed by atoms with Crippen molar-refractivity contribution in [1.82, 2.24) is 0 Å². The molecule has 0 bridgehead atoms. The highest BCUT2D eigenvalue weighted by molar-refractivity contribution is 6.32. The zero-order valence-electron chi connectivity index (χ0n) is 9.16. The van der Waals surface area contributed by atoms with Gasteiger partial charge in [-0.2, -0.15) is 0 Å². The minimum absolute atomic E-state index is 0.201. The van der Waals surface area contributed by atoms with Crippen LogP contribution in [0.25, 0.3) is 0 Å². The van der Waals surface area contributed by atoms with Crippen LogP contribution in [0, 0.1) is 13.8 Å². The Morgan fingerprint density at radius 3 is 2.40 bits per heavy atom. The third-order valence-corrected chi connectivity index (χ3v) is 2.17. The van der Waals surface area contributed by atoms with Crippen LogP contribution in [0.5, 0.6) is 5.75 Å². The number of ether oxygens (including phenoxy) is 1. The standard InChI is InChI=1S/C11H16BNO2/c1-7-3-9(12)4-8(2)11(7)15-6-10(14)5-13/h3-4,10,14H,5-6,13H2,1-2H3. The Hall–Kier alpha value is -0.995. The highest BCUT2D eigenvalue weighted by atomic mass is 16.5. The molecule has 0 aliphatic heterocycles. The zero-order valence-corrected chi connectivity index (χ0v) is 9.16. The fourth-order valence-corrected chi connectivity index (χ4v) is 1.46. The monoisotopic (exact) mass is 205 g/mol. The Bertz CT molecular complexity index is 318. The van der Waals surface area contributed by atoms with E-state index in [0.29, 0.717) is 0 Å². The fraction of sp³-hybridized carbons (Fsp3) is 0.455. The van der Waals surface area contributed by atoms with E-state index in [1.807, 2.05) is 26.0 Å². The molecule has 0 heterocycles. The van der Waals surface area contributed by atoms with E-state index in [1.54, 1.807) is 0 Å². The normalized spacial score (nSPS) is 12.5. The Labute approximate surface area is 91.7 Å². The van der Waals surface area contributed by atoms with Gasteiger partial charge in [-0.1, -0.05) is 17.6 Å². The van der Waals surface area contributed by atoms with Crippen molar-refractivity contribution in [1.29, 1.82) is 0 Å². The molecule has 0 spiro atoms. The number of hydrogen-bond acceptors (Lipinski definition) is 3. The van der Waals surface area contributed by atoms with Crippen LogP contribution in [-0.4, -0.2) is 32.2 Å². The van der Waals surface area contributed by atoms with Crippen LogP contribution in [0.2, 0.25) is 0 Å². The molecule has 1 aromatic rings. The predicted molar refractivity (Wildman–Crippen MR) is 61.9 cm³/mol. The molecule has 0 saturated heterocycles. The highest BCUT2D eigenvalue weighted by Gasteiger charge is 2.07. The van der Waals surface area contributed by atoms with Gasteiger partial charge in [-0.25, -0.2) is 0 Å². The molecule has 0 aliphatic rings. The minimum atomic E-state index is -0.624. The Morgan fingerprint density at radius 2 is 1.93 bits per heavy atom. The summed E-state index contributed by atoms with van der Waals surface area (Å²) in [4.78, 5) is 0. The van der Waals surface area contributed by atoms with Gasteiger partial charge in [0, 0.05) is 6.54 Å². The number of nitrogens with two attached hydrogens (primary N) is 1. The summed E-state index contributed by atoms with van der Waals surface area (Å²) in [7, 11) is 5.69. The Kier molecular flexibility index (Phi) is 4.18. The van der Waals surface area contributed by atoms with Gasteiger partial charge in [0.1, 0.15) is 26.3 Å². The second kappa shape index (κ2) is 5.19. The number of rotatable bonds is 4. The maximum absolute atomic E-state index is 9.28. The summed E-state index contributed by atoms with van der Waals surface area (Å²) < 4.78 is 5.49. The van der Waals surface area contributed by atoms with E-state index in [1.165, 1.54) is 0 Å². The van der Waals surface area contributed by atoms with Crippen molar-refractivity contribution in [3.05, 3.63) is 23.3 Å². The van der Waals surface area contributed by atoms with Crippen molar-refractivity contribution >= 4 is 13.3 Å². The molecule has 0 aliphatic carbocycles. The van der Waals surface area contributed by atoms with Gasteiger partial charge in [0.05, 0.1) is 0 Å². The summed E-state index contributed by atoms with van der Waals surface area (Å²) in [6.45, 7) is 4.26. The molecule has 2 radical (unpaired) electrons. The SMILES string of the molecule is [B]c1cc(C)c(OCC(O)CN)c(C)c1. The van der Waals surface area contributed by atoms with Crippen LogP contribution in [-0.2, 0) is 0 Å². The van der Waals surface area contributed by atoms with Gasteiger partial charge < -0.3 is 15.6 Å². The van der Waals surface area contributed by atoms with E-state index in [9.17, 15) is 5.11 Å².